The first-order chi connectivity index (χ1) is 9.15. The first-order valence-corrected chi connectivity index (χ1v) is 5.72. The van der Waals surface area contributed by atoms with Crippen LogP contribution >= 0.6 is 0 Å². The van der Waals surface area contributed by atoms with Gasteiger partial charge in [0.15, 0.2) is 5.52 Å². The quantitative estimate of drug-likeness (QED) is 0.736. The van der Waals surface area contributed by atoms with E-state index >= 15 is 0 Å². The van der Waals surface area contributed by atoms with Gasteiger partial charge in [0, 0.05) is 14.1 Å². The number of aromatic nitrogens is 5. The number of aromatic hydroxyl groups is 1. The molecule has 2 aromatic heterocycles. The van der Waals surface area contributed by atoms with Gasteiger partial charge >= 0.3 is 0 Å². The van der Waals surface area contributed by atoms with Crippen molar-refractivity contribution in [2.24, 2.45) is 0 Å². The Morgan fingerprint density at radius 1 is 1.05 bits per heavy atom. The van der Waals surface area contributed by atoms with Crippen molar-refractivity contribution in [3.8, 4) is 11.6 Å². The predicted octanol–water partition coefficient (Wildman–Crippen LogP) is 0.982. The van der Waals surface area contributed by atoms with Crippen LogP contribution in [0, 0.1) is 0 Å². The molecule has 19 heavy (non-hydrogen) atoms. The van der Waals surface area contributed by atoms with Gasteiger partial charge in [0.2, 0.25) is 17.5 Å². The molecule has 1 aromatic carbocycles. The molecule has 0 bridgehead atoms. The molecule has 7 nitrogen and oxygen atoms in total. The van der Waals surface area contributed by atoms with E-state index in [2.05, 4.69) is 20.2 Å². The van der Waals surface area contributed by atoms with Crippen LogP contribution in [0.1, 0.15) is 0 Å². The van der Waals surface area contributed by atoms with Gasteiger partial charge < -0.3 is 10.0 Å². The summed E-state index contributed by atoms with van der Waals surface area (Å²) in [6.45, 7) is 0. The highest BCUT2D eigenvalue weighted by atomic mass is 16.3. The SMILES string of the molecule is CN(C)c1nc(O)c2nn(-c3ccccc3)nc2n1. The van der Waals surface area contributed by atoms with E-state index < -0.39 is 0 Å². The molecule has 2 heterocycles. The second-order valence-corrected chi connectivity index (χ2v) is 4.24. The molecule has 3 aromatic rings. The highest BCUT2D eigenvalue weighted by molar-refractivity contribution is 5.76. The van der Waals surface area contributed by atoms with Crippen LogP contribution in [0.2, 0.25) is 0 Å². The van der Waals surface area contributed by atoms with Crippen molar-refractivity contribution in [3.63, 3.8) is 0 Å². The standard InChI is InChI=1S/C12H12N6O/c1-17(2)12-13-10-9(11(19)14-12)15-18(16-10)8-6-4-3-5-7-8/h3-7H,1-2H3,(H,13,14,16,19). The van der Waals surface area contributed by atoms with Crippen molar-refractivity contribution < 1.29 is 5.11 Å². The first kappa shape index (κ1) is 11.4. The summed E-state index contributed by atoms with van der Waals surface area (Å²) in [5.41, 5.74) is 1.45. The number of fused-ring (bicyclic) bond motifs is 1. The molecule has 3 rings (SSSR count). The van der Waals surface area contributed by atoms with Gasteiger partial charge in [-0.05, 0) is 12.1 Å². The zero-order chi connectivity index (χ0) is 13.4. The molecule has 1 N–H and O–H groups in total. The second-order valence-electron chi connectivity index (χ2n) is 4.24. The van der Waals surface area contributed by atoms with E-state index in [0.29, 0.717) is 11.6 Å². The van der Waals surface area contributed by atoms with Gasteiger partial charge in [-0.3, -0.25) is 0 Å². The third-order valence-electron chi connectivity index (χ3n) is 2.61. The lowest BCUT2D eigenvalue weighted by atomic mass is 10.3. The summed E-state index contributed by atoms with van der Waals surface area (Å²) in [5, 5.41) is 18.3. The molecule has 0 aliphatic heterocycles. The molecule has 0 aliphatic carbocycles. The number of rotatable bonds is 2. The fourth-order valence-electron chi connectivity index (χ4n) is 1.66. The number of hydrogen-bond donors (Lipinski definition) is 1. The molecular weight excluding hydrogens is 244 g/mol. The van der Waals surface area contributed by atoms with Crippen LogP contribution in [-0.2, 0) is 0 Å². The van der Waals surface area contributed by atoms with Gasteiger partial charge in [-0.25, -0.2) is 0 Å². The lowest BCUT2D eigenvalue weighted by Gasteiger charge is -2.08. The van der Waals surface area contributed by atoms with Gasteiger partial charge in [0.25, 0.3) is 0 Å². The van der Waals surface area contributed by atoms with Crippen molar-refractivity contribution in [2.75, 3.05) is 19.0 Å². The van der Waals surface area contributed by atoms with Crippen molar-refractivity contribution in [2.45, 2.75) is 0 Å². The molecule has 0 radical (unpaired) electrons. The van der Waals surface area contributed by atoms with Crippen LogP contribution in [0.15, 0.2) is 30.3 Å². The third-order valence-corrected chi connectivity index (χ3v) is 2.61. The highest BCUT2D eigenvalue weighted by Gasteiger charge is 2.14. The van der Waals surface area contributed by atoms with Crippen LogP contribution in [0.5, 0.6) is 5.88 Å². The third kappa shape index (κ3) is 1.95. The summed E-state index contributed by atoms with van der Waals surface area (Å²) >= 11 is 0. The monoisotopic (exact) mass is 256 g/mol. The summed E-state index contributed by atoms with van der Waals surface area (Å²) in [7, 11) is 3.59. The van der Waals surface area contributed by atoms with E-state index in [0.717, 1.165) is 5.69 Å². The van der Waals surface area contributed by atoms with Crippen LogP contribution < -0.4 is 4.90 Å². The van der Waals surface area contributed by atoms with Crippen molar-refractivity contribution in [1.82, 2.24) is 25.0 Å². The van der Waals surface area contributed by atoms with Crippen LogP contribution in [0.25, 0.3) is 16.9 Å². The minimum Gasteiger partial charge on any atom is -0.492 e. The van der Waals surface area contributed by atoms with Gasteiger partial charge in [0.1, 0.15) is 0 Å². The Kier molecular flexibility index (Phi) is 2.52. The fourth-order valence-corrected chi connectivity index (χ4v) is 1.66. The van der Waals surface area contributed by atoms with E-state index in [4.69, 9.17) is 0 Å². The molecule has 96 valence electrons. The predicted molar refractivity (Wildman–Crippen MR) is 70.4 cm³/mol. The number of para-hydroxylation sites is 1. The number of anilines is 1. The molecule has 0 aliphatic rings. The molecule has 0 saturated carbocycles. The lowest BCUT2D eigenvalue weighted by molar-refractivity contribution is 0.458. The molecule has 0 fully saturated rings. The summed E-state index contributed by atoms with van der Waals surface area (Å²) in [5.74, 6) is 0.223. The zero-order valence-electron chi connectivity index (χ0n) is 10.5. The Labute approximate surface area is 109 Å². The normalized spacial score (nSPS) is 10.8. The zero-order valence-corrected chi connectivity index (χ0v) is 10.5. The number of nitrogens with zero attached hydrogens (tertiary/aromatic N) is 6. The van der Waals surface area contributed by atoms with Crippen LogP contribution in [-0.4, -0.2) is 44.2 Å². The Bertz CT molecular complexity index is 722. The lowest BCUT2D eigenvalue weighted by Crippen LogP contribution is -2.12. The minimum atomic E-state index is -0.170. The second kappa shape index (κ2) is 4.20. The smallest absolute Gasteiger partial charge is 0.246 e. The summed E-state index contributed by atoms with van der Waals surface area (Å²) in [6, 6.07) is 9.43. The van der Waals surface area contributed by atoms with Gasteiger partial charge in [-0.15, -0.1) is 15.0 Å². The first-order valence-electron chi connectivity index (χ1n) is 5.72. The minimum absolute atomic E-state index is 0.170. The highest BCUT2D eigenvalue weighted by Crippen LogP contribution is 2.21. The summed E-state index contributed by atoms with van der Waals surface area (Å²) in [4.78, 5) is 11.3. The Hall–Kier alpha value is -2.70. The van der Waals surface area contributed by atoms with Crippen molar-refractivity contribution in [1.29, 1.82) is 0 Å². The number of benzene rings is 1. The van der Waals surface area contributed by atoms with E-state index in [9.17, 15) is 5.11 Å². The topological polar surface area (TPSA) is 80.0 Å². The summed E-state index contributed by atoms with van der Waals surface area (Å²) < 4.78 is 0. The van der Waals surface area contributed by atoms with Crippen molar-refractivity contribution in [3.05, 3.63) is 30.3 Å². The van der Waals surface area contributed by atoms with Crippen LogP contribution in [0.4, 0.5) is 5.95 Å². The van der Waals surface area contributed by atoms with Gasteiger partial charge in [0.05, 0.1) is 5.69 Å². The Morgan fingerprint density at radius 2 is 1.79 bits per heavy atom. The molecule has 0 amide bonds. The maximum Gasteiger partial charge on any atom is 0.246 e. The van der Waals surface area contributed by atoms with Crippen molar-refractivity contribution >= 4 is 17.1 Å². The number of hydrogen-bond acceptors (Lipinski definition) is 6. The maximum absolute atomic E-state index is 9.87. The largest absolute Gasteiger partial charge is 0.492 e. The van der Waals surface area contributed by atoms with E-state index in [-0.39, 0.29) is 11.4 Å². The molecular formula is C12H12N6O. The Balaban J connectivity index is 2.18. The molecule has 0 atom stereocenters. The molecule has 0 unspecified atom stereocenters. The van der Waals surface area contributed by atoms with Gasteiger partial charge in [-0.1, -0.05) is 18.2 Å². The summed E-state index contributed by atoms with van der Waals surface area (Å²) in [6.07, 6.45) is 0. The van der Waals surface area contributed by atoms with Gasteiger partial charge in [-0.2, -0.15) is 9.97 Å². The molecule has 0 saturated heterocycles. The maximum atomic E-state index is 9.87. The van der Waals surface area contributed by atoms with E-state index in [1.165, 1.54) is 4.80 Å². The van der Waals surface area contributed by atoms with Crippen LogP contribution in [0.3, 0.4) is 0 Å². The molecule has 0 spiro atoms. The van der Waals surface area contributed by atoms with E-state index in [1.807, 2.05) is 30.3 Å². The average molecular weight is 256 g/mol. The average Bonchev–Trinajstić information content (AvgIpc) is 2.84. The fraction of sp³-hybridized carbons (Fsp3) is 0.167. The Morgan fingerprint density at radius 3 is 2.47 bits per heavy atom. The molecule has 7 heteroatoms. The van der Waals surface area contributed by atoms with E-state index in [1.54, 1.807) is 19.0 Å².